The van der Waals surface area contributed by atoms with E-state index in [4.69, 9.17) is 11.5 Å². The molecule has 1 aromatic carbocycles. The molecule has 0 saturated heterocycles. The number of ether oxygens (including phenoxy) is 1. The van der Waals surface area contributed by atoms with Crippen LogP contribution in [0.25, 0.3) is 0 Å². The van der Waals surface area contributed by atoms with Crippen molar-refractivity contribution in [2.75, 3.05) is 30.8 Å². The molecule has 100 valence electrons. The highest BCUT2D eigenvalue weighted by Gasteiger charge is 2.10. The topological polar surface area (TPSA) is 90.4 Å². The largest absolute Gasteiger partial charge is 0.397 e. The smallest absolute Gasteiger partial charge is 0.261 e. The Hall–Kier alpha value is -1.89. The third-order valence-corrected chi connectivity index (χ3v) is 2.15. The van der Waals surface area contributed by atoms with Crippen LogP contribution in [0.5, 0.6) is 0 Å². The van der Waals surface area contributed by atoms with Gasteiger partial charge < -0.3 is 21.5 Å². The quantitative estimate of drug-likeness (QED) is 0.504. The summed E-state index contributed by atoms with van der Waals surface area (Å²) in [4.78, 5) is 11.1. The molecule has 0 saturated carbocycles. The zero-order valence-electron chi connectivity index (χ0n) is 9.66. The molecular weight excluding hydrogens is 244 g/mol. The van der Waals surface area contributed by atoms with Gasteiger partial charge in [-0.2, -0.15) is 0 Å². The number of alkyl halides is 2. The Morgan fingerprint density at radius 2 is 2.17 bits per heavy atom. The number of carbonyl (C=O) groups excluding carboxylic acids is 1. The second-order valence-corrected chi connectivity index (χ2v) is 3.53. The number of para-hydroxylation sites is 1. The van der Waals surface area contributed by atoms with Gasteiger partial charge in [-0.25, -0.2) is 8.78 Å². The zero-order chi connectivity index (χ0) is 13.5. The summed E-state index contributed by atoms with van der Waals surface area (Å²) in [5.41, 5.74) is 11.9. The second kappa shape index (κ2) is 6.75. The lowest BCUT2D eigenvalue weighted by Crippen LogP contribution is -2.18. The number of hydrogen-bond acceptors (Lipinski definition) is 4. The van der Waals surface area contributed by atoms with Gasteiger partial charge in [-0.15, -0.1) is 0 Å². The van der Waals surface area contributed by atoms with Crippen molar-refractivity contribution in [2.45, 2.75) is 6.43 Å². The Bertz CT molecular complexity index is 413. The predicted octanol–water partition coefficient (Wildman–Crippen LogP) is 1.06. The van der Waals surface area contributed by atoms with Crippen LogP contribution in [0, 0.1) is 0 Å². The van der Waals surface area contributed by atoms with E-state index in [0.29, 0.717) is 11.4 Å². The number of nitrogens with one attached hydrogen (secondary N) is 1. The number of nitrogens with two attached hydrogens (primary N) is 2. The Morgan fingerprint density at radius 3 is 2.78 bits per heavy atom. The molecule has 0 aliphatic carbocycles. The number of benzene rings is 1. The first-order valence-corrected chi connectivity index (χ1v) is 5.30. The van der Waals surface area contributed by atoms with Crippen LogP contribution in [-0.2, 0) is 4.74 Å². The average molecular weight is 259 g/mol. The summed E-state index contributed by atoms with van der Waals surface area (Å²) in [6.07, 6.45) is -2.49. The standard InChI is InChI=1S/C11H15F2N3O2/c12-9(13)6-18-5-4-16-10-7(11(15)17)2-1-3-8(10)14/h1-3,9,16H,4-6,14H2,(H2,15,17). The predicted molar refractivity (Wildman–Crippen MR) is 64.7 cm³/mol. The number of nitrogen functional groups attached to an aromatic ring is 1. The molecule has 0 aliphatic rings. The number of anilines is 2. The highest BCUT2D eigenvalue weighted by molar-refractivity contribution is 6.01. The number of halogens is 2. The van der Waals surface area contributed by atoms with Crippen molar-refractivity contribution in [1.82, 2.24) is 0 Å². The van der Waals surface area contributed by atoms with Crippen molar-refractivity contribution in [3.05, 3.63) is 23.8 Å². The van der Waals surface area contributed by atoms with Crippen molar-refractivity contribution in [1.29, 1.82) is 0 Å². The fraction of sp³-hybridized carbons (Fsp3) is 0.364. The summed E-state index contributed by atoms with van der Waals surface area (Å²) in [5.74, 6) is -0.613. The lowest BCUT2D eigenvalue weighted by molar-refractivity contribution is 0.0215. The van der Waals surface area contributed by atoms with Gasteiger partial charge in [0.2, 0.25) is 0 Å². The summed E-state index contributed by atoms with van der Waals surface area (Å²) in [5, 5.41) is 2.84. The van der Waals surface area contributed by atoms with Gasteiger partial charge in [-0.3, -0.25) is 4.79 Å². The molecule has 0 unspecified atom stereocenters. The summed E-state index contributed by atoms with van der Waals surface area (Å²) >= 11 is 0. The molecule has 0 atom stereocenters. The maximum Gasteiger partial charge on any atom is 0.261 e. The van der Waals surface area contributed by atoms with Crippen molar-refractivity contribution in [3.63, 3.8) is 0 Å². The number of hydrogen-bond donors (Lipinski definition) is 3. The molecule has 0 fully saturated rings. The summed E-state index contributed by atoms with van der Waals surface area (Å²) in [6, 6.07) is 4.74. The molecule has 5 N–H and O–H groups in total. The van der Waals surface area contributed by atoms with Gasteiger partial charge in [-0.05, 0) is 12.1 Å². The normalized spacial score (nSPS) is 10.6. The summed E-state index contributed by atoms with van der Waals surface area (Å²) < 4.78 is 28.3. The number of amides is 1. The van der Waals surface area contributed by atoms with E-state index in [9.17, 15) is 13.6 Å². The number of carbonyl (C=O) groups is 1. The Kier molecular flexibility index (Phi) is 5.31. The Labute approximate surface area is 103 Å². The van der Waals surface area contributed by atoms with E-state index < -0.39 is 18.9 Å². The third-order valence-electron chi connectivity index (χ3n) is 2.15. The molecule has 1 aromatic rings. The van der Waals surface area contributed by atoms with Crippen molar-refractivity contribution >= 4 is 17.3 Å². The molecule has 0 aromatic heterocycles. The van der Waals surface area contributed by atoms with Gasteiger partial charge in [-0.1, -0.05) is 6.07 Å². The molecule has 7 heteroatoms. The van der Waals surface area contributed by atoms with Gasteiger partial charge in [0, 0.05) is 6.54 Å². The molecule has 0 aliphatic heterocycles. The van der Waals surface area contributed by atoms with Gasteiger partial charge in [0.15, 0.2) is 0 Å². The van der Waals surface area contributed by atoms with Crippen molar-refractivity contribution < 1.29 is 18.3 Å². The van der Waals surface area contributed by atoms with E-state index in [1.165, 1.54) is 6.07 Å². The Balaban J connectivity index is 2.53. The molecular formula is C11H15F2N3O2. The van der Waals surface area contributed by atoms with Crippen LogP contribution in [0.2, 0.25) is 0 Å². The summed E-state index contributed by atoms with van der Waals surface area (Å²) in [7, 11) is 0. The highest BCUT2D eigenvalue weighted by atomic mass is 19.3. The average Bonchev–Trinajstić information content (AvgIpc) is 2.29. The van der Waals surface area contributed by atoms with Crippen LogP contribution in [0.4, 0.5) is 20.2 Å². The van der Waals surface area contributed by atoms with Crippen LogP contribution >= 0.6 is 0 Å². The minimum Gasteiger partial charge on any atom is -0.397 e. The van der Waals surface area contributed by atoms with Gasteiger partial charge in [0.1, 0.15) is 6.61 Å². The molecule has 5 nitrogen and oxygen atoms in total. The molecule has 18 heavy (non-hydrogen) atoms. The first-order chi connectivity index (χ1) is 8.52. The lowest BCUT2D eigenvalue weighted by atomic mass is 10.1. The first kappa shape index (κ1) is 14.2. The van der Waals surface area contributed by atoms with Crippen LogP contribution in [0.3, 0.4) is 0 Å². The van der Waals surface area contributed by atoms with E-state index in [1.807, 2.05) is 0 Å². The molecule has 1 rings (SSSR count). The first-order valence-electron chi connectivity index (χ1n) is 5.30. The van der Waals surface area contributed by atoms with E-state index in [-0.39, 0.29) is 18.7 Å². The van der Waals surface area contributed by atoms with Crippen molar-refractivity contribution in [3.8, 4) is 0 Å². The summed E-state index contributed by atoms with van der Waals surface area (Å²) in [6.45, 7) is -0.285. The monoisotopic (exact) mass is 259 g/mol. The van der Waals surface area contributed by atoms with E-state index in [2.05, 4.69) is 10.1 Å². The lowest BCUT2D eigenvalue weighted by Gasteiger charge is -2.12. The van der Waals surface area contributed by atoms with Crippen LogP contribution in [0.1, 0.15) is 10.4 Å². The molecule has 0 spiro atoms. The molecule has 0 heterocycles. The van der Waals surface area contributed by atoms with Gasteiger partial charge in [0.25, 0.3) is 12.3 Å². The van der Waals surface area contributed by atoms with Crippen molar-refractivity contribution in [2.24, 2.45) is 5.73 Å². The highest BCUT2D eigenvalue weighted by Crippen LogP contribution is 2.22. The minimum atomic E-state index is -2.49. The van der Waals surface area contributed by atoms with E-state index in [0.717, 1.165) is 0 Å². The van der Waals surface area contributed by atoms with E-state index >= 15 is 0 Å². The Morgan fingerprint density at radius 1 is 1.44 bits per heavy atom. The van der Waals surface area contributed by atoms with Gasteiger partial charge >= 0.3 is 0 Å². The molecule has 1 amide bonds. The molecule has 0 radical (unpaired) electrons. The fourth-order valence-electron chi connectivity index (χ4n) is 1.39. The van der Waals surface area contributed by atoms with E-state index in [1.54, 1.807) is 12.1 Å². The van der Waals surface area contributed by atoms with Crippen LogP contribution in [0.15, 0.2) is 18.2 Å². The van der Waals surface area contributed by atoms with Crippen LogP contribution < -0.4 is 16.8 Å². The maximum absolute atomic E-state index is 11.8. The number of primary amides is 1. The fourth-order valence-corrected chi connectivity index (χ4v) is 1.39. The van der Waals surface area contributed by atoms with Gasteiger partial charge in [0.05, 0.1) is 23.5 Å². The zero-order valence-corrected chi connectivity index (χ0v) is 9.66. The number of rotatable bonds is 7. The van der Waals surface area contributed by atoms with Crippen LogP contribution in [-0.4, -0.2) is 32.1 Å². The SMILES string of the molecule is NC(=O)c1cccc(N)c1NCCOCC(F)F. The second-order valence-electron chi connectivity index (χ2n) is 3.53. The minimum absolute atomic E-state index is 0.0802. The third kappa shape index (κ3) is 4.17. The maximum atomic E-state index is 11.8. The molecule has 0 bridgehead atoms.